The lowest BCUT2D eigenvalue weighted by molar-refractivity contribution is -0.115. The molecule has 0 saturated heterocycles. The summed E-state index contributed by atoms with van der Waals surface area (Å²) in [5.41, 5.74) is -0.472. The van der Waals surface area contributed by atoms with E-state index in [1.54, 1.807) is 0 Å². The van der Waals surface area contributed by atoms with Crippen LogP contribution >= 0.6 is 15.9 Å². The molecule has 0 aliphatic rings. The first-order valence-corrected chi connectivity index (χ1v) is 5.42. The van der Waals surface area contributed by atoms with Crippen LogP contribution in [-0.2, 0) is 4.79 Å². The van der Waals surface area contributed by atoms with Crippen molar-refractivity contribution in [3.8, 4) is 12.3 Å². The van der Waals surface area contributed by atoms with Crippen LogP contribution in [0, 0.1) is 24.0 Å². The first-order chi connectivity index (χ1) is 8.04. The van der Waals surface area contributed by atoms with Crippen molar-refractivity contribution < 1.29 is 13.6 Å². The molecule has 90 valence electrons. The van der Waals surface area contributed by atoms with E-state index in [1.807, 2.05) is 0 Å². The molecule has 0 saturated carbocycles. The summed E-state index contributed by atoms with van der Waals surface area (Å²) >= 11 is 2.94. The van der Waals surface area contributed by atoms with Gasteiger partial charge >= 0.3 is 0 Å². The van der Waals surface area contributed by atoms with Crippen LogP contribution in [0.25, 0.3) is 0 Å². The zero-order valence-electron chi connectivity index (χ0n) is 8.69. The van der Waals surface area contributed by atoms with Crippen molar-refractivity contribution >= 4 is 27.5 Å². The van der Waals surface area contributed by atoms with Gasteiger partial charge in [0.05, 0.1) is 13.1 Å². The molecule has 1 rings (SSSR count). The highest BCUT2D eigenvalue weighted by Gasteiger charge is 2.12. The number of amides is 1. The number of halogens is 3. The molecule has 1 aromatic rings. The Labute approximate surface area is 106 Å². The van der Waals surface area contributed by atoms with Crippen LogP contribution in [-0.4, -0.2) is 19.0 Å². The summed E-state index contributed by atoms with van der Waals surface area (Å²) in [6, 6.07) is 2.13. The van der Waals surface area contributed by atoms with Gasteiger partial charge in [0.1, 0.15) is 5.69 Å². The zero-order valence-corrected chi connectivity index (χ0v) is 10.3. The van der Waals surface area contributed by atoms with Gasteiger partial charge in [0.15, 0.2) is 11.6 Å². The molecular formula is C11H9BrF2N2O. The molecule has 1 aromatic carbocycles. The molecule has 1 amide bonds. The second kappa shape index (κ2) is 6.33. The summed E-state index contributed by atoms with van der Waals surface area (Å²) in [6.45, 7) is 0.0951. The smallest absolute Gasteiger partial charge is 0.238 e. The maximum Gasteiger partial charge on any atom is 0.238 e. The highest BCUT2D eigenvalue weighted by Crippen LogP contribution is 2.23. The number of nitrogens with one attached hydrogen (secondary N) is 2. The fourth-order valence-electron chi connectivity index (χ4n) is 1.09. The van der Waals surface area contributed by atoms with Crippen LogP contribution < -0.4 is 10.6 Å². The van der Waals surface area contributed by atoms with Crippen LogP contribution in [0.2, 0.25) is 0 Å². The third-order valence-corrected chi connectivity index (χ3v) is 2.24. The second-order valence-corrected chi connectivity index (χ2v) is 4.02. The normalized spacial score (nSPS) is 9.76. The first kappa shape index (κ1) is 13.6. The van der Waals surface area contributed by atoms with E-state index in [2.05, 4.69) is 32.5 Å². The molecule has 0 aromatic heterocycles. The van der Waals surface area contributed by atoms with Crippen molar-refractivity contribution in [2.75, 3.05) is 18.4 Å². The average Bonchev–Trinajstić information content (AvgIpc) is 2.24. The summed E-state index contributed by atoms with van der Waals surface area (Å²) in [6.07, 6.45) is 4.96. The van der Waals surface area contributed by atoms with Crippen LogP contribution in [0.3, 0.4) is 0 Å². The van der Waals surface area contributed by atoms with Crippen LogP contribution in [0.5, 0.6) is 0 Å². The van der Waals surface area contributed by atoms with Crippen molar-refractivity contribution in [3.05, 3.63) is 28.2 Å². The van der Waals surface area contributed by atoms with Gasteiger partial charge in [0.25, 0.3) is 0 Å². The summed E-state index contributed by atoms with van der Waals surface area (Å²) in [7, 11) is 0. The van der Waals surface area contributed by atoms with Gasteiger partial charge in [-0.2, -0.15) is 0 Å². The van der Waals surface area contributed by atoms with Gasteiger partial charge in [-0.1, -0.05) is 21.9 Å². The Morgan fingerprint density at radius 3 is 2.53 bits per heavy atom. The zero-order chi connectivity index (χ0) is 12.8. The Morgan fingerprint density at radius 1 is 1.41 bits per heavy atom. The van der Waals surface area contributed by atoms with Gasteiger partial charge in [0, 0.05) is 4.47 Å². The molecule has 17 heavy (non-hydrogen) atoms. The SMILES string of the molecule is C#CCNCC(=O)Nc1c(F)cc(Br)cc1F. The number of hydrogen-bond acceptors (Lipinski definition) is 2. The molecule has 0 atom stereocenters. The standard InChI is InChI=1S/C11H9BrF2N2O/c1-2-3-15-6-10(17)16-11-8(13)4-7(12)5-9(11)14/h1,4-5,15H,3,6H2,(H,16,17). The first-order valence-electron chi connectivity index (χ1n) is 4.63. The van der Waals surface area contributed by atoms with Gasteiger partial charge in [0.2, 0.25) is 5.91 Å². The number of benzene rings is 1. The Bertz CT molecular complexity index is 448. The number of carbonyl (C=O) groups excluding carboxylic acids is 1. The lowest BCUT2D eigenvalue weighted by Gasteiger charge is -2.08. The van der Waals surface area contributed by atoms with Gasteiger partial charge in [-0.25, -0.2) is 8.78 Å². The third-order valence-electron chi connectivity index (χ3n) is 1.78. The summed E-state index contributed by atoms with van der Waals surface area (Å²) < 4.78 is 26.9. The molecule has 0 bridgehead atoms. The van der Waals surface area contributed by atoms with Crippen LogP contribution in [0.1, 0.15) is 0 Å². The van der Waals surface area contributed by atoms with E-state index in [0.29, 0.717) is 0 Å². The second-order valence-electron chi connectivity index (χ2n) is 3.10. The molecule has 0 spiro atoms. The van der Waals surface area contributed by atoms with Gasteiger partial charge < -0.3 is 5.32 Å². The van der Waals surface area contributed by atoms with E-state index in [9.17, 15) is 13.6 Å². The van der Waals surface area contributed by atoms with Crippen molar-refractivity contribution in [2.24, 2.45) is 0 Å². The number of rotatable bonds is 4. The molecule has 0 heterocycles. The molecule has 0 fully saturated rings. The van der Waals surface area contributed by atoms with Crippen molar-refractivity contribution in [2.45, 2.75) is 0 Å². The fraction of sp³-hybridized carbons (Fsp3) is 0.182. The topological polar surface area (TPSA) is 41.1 Å². The maximum absolute atomic E-state index is 13.3. The number of carbonyl (C=O) groups is 1. The van der Waals surface area contributed by atoms with E-state index >= 15 is 0 Å². The number of hydrogen-bond donors (Lipinski definition) is 2. The molecule has 0 unspecified atom stereocenters. The predicted octanol–water partition coefficient (Wildman–Crippen LogP) is 1.89. The van der Waals surface area contributed by atoms with E-state index in [1.165, 1.54) is 0 Å². The molecule has 2 N–H and O–H groups in total. The highest BCUT2D eigenvalue weighted by atomic mass is 79.9. The van der Waals surface area contributed by atoms with Crippen molar-refractivity contribution in [1.29, 1.82) is 0 Å². The summed E-state index contributed by atoms with van der Waals surface area (Å²) in [5.74, 6) is 0.0122. The quantitative estimate of drug-likeness (QED) is 0.659. The van der Waals surface area contributed by atoms with Gasteiger partial charge in [-0.15, -0.1) is 6.42 Å². The fourth-order valence-corrected chi connectivity index (χ4v) is 1.50. The maximum atomic E-state index is 13.3. The predicted molar refractivity (Wildman–Crippen MR) is 64.4 cm³/mol. The Kier molecular flexibility index (Phi) is 5.07. The van der Waals surface area contributed by atoms with E-state index < -0.39 is 23.2 Å². The van der Waals surface area contributed by atoms with E-state index in [0.717, 1.165) is 12.1 Å². The molecular weight excluding hydrogens is 294 g/mol. The Morgan fingerprint density at radius 2 is 2.00 bits per heavy atom. The monoisotopic (exact) mass is 302 g/mol. The average molecular weight is 303 g/mol. The third kappa shape index (κ3) is 4.13. The van der Waals surface area contributed by atoms with Crippen molar-refractivity contribution in [3.63, 3.8) is 0 Å². The number of anilines is 1. The highest BCUT2D eigenvalue weighted by molar-refractivity contribution is 9.10. The lowest BCUT2D eigenvalue weighted by Crippen LogP contribution is -2.28. The summed E-state index contributed by atoms with van der Waals surface area (Å²) in [5, 5.41) is 4.73. The lowest BCUT2D eigenvalue weighted by atomic mass is 10.3. The molecule has 0 aliphatic carbocycles. The van der Waals surface area contributed by atoms with Crippen LogP contribution in [0.15, 0.2) is 16.6 Å². The minimum absolute atomic E-state index is 0.112. The van der Waals surface area contributed by atoms with Crippen LogP contribution in [0.4, 0.5) is 14.5 Å². The molecule has 3 nitrogen and oxygen atoms in total. The van der Waals surface area contributed by atoms with E-state index in [-0.39, 0.29) is 17.6 Å². The minimum Gasteiger partial charge on any atom is -0.320 e. The molecule has 0 aliphatic heterocycles. The van der Waals surface area contributed by atoms with E-state index in [4.69, 9.17) is 6.42 Å². The molecule has 6 heteroatoms. The molecule has 0 radical (unpaired) electrons. The van der Waals surface area contributed by atoms with Gasteiger partial charge in [-0.05, 0) is 12.1 Å². The largest absolute Gasteiger partial charge is 0.320 e. The summed E-state index contributed by atoms with van der Waals surface area (Å²) in [4.78, 5) is 11.3. The Balaban J connectivity index is 2.69. The minimum atomic E-state index is -0.845. The number of terminal acetylenes is 1. The Hall–Kier alpha value is -1.45. The van der Waals surface area contributed by atoms with Crippen molar-refractivity contribution in [1.82, 2.24) is 5.32 Å². The van der Waals surface area contributed by atoms with Gasteiger partial charge in [-0.3, -0.25) is 10.1 Å².